The second-order valence-corrected chi connectivity index (χ2v) is 6.43. The van der Waals surface area contributed by atoms with Gasteiger partial charge in [-0.15, -0.1) is 0 Å². The van der Waals surface area contributed by atoms with Gasteiger partial charge in [-0.25, -0.2) is 0 Å². The van der Waals surface area contributed by atoms with Gasteiger partial charge in [0, 0.05) is 6.92 Å². The molecule has 126 valence electrons. The minimum absolute atomic E-state index is 0.194. The standard InChI is InChI=1S/C17H17NO6/c1-8(19)23-15-12(20)13-10-11(14(15)24-13)17(22)18(16(10)21)7-9-5-3-2-4-6-9/h2-6,10-15,20H,7H2,1H3. The lowest BCUT2D eigenvalue weighted by atomic mass is 9.78. The maximum absolute atomic E-state index is 12.7. The number of esters is 1. The highest BCUT2D eigenvalue weighted by molar-refractivity contribution is 6.06. The maximum atomic E-state index is 12.7. The number of aliphatic hydroxyl groups excluding tert-OH is 1. The van der Waals surface area contributed by atoms with E-state index in [0.717, 1.165) is 5.56 Å². The first-order valence-electron chi connectivity index (χ1n) is 7.89. The van der Waals surface area contributed by atoms with E-state index in [0.29, 0.717) is 0 Å². The Bertz CT molecular complexity index is 704. The Hall–Kier alpha value is -2.25. The Labute approximate surface area is 138 Å². The molecular formula is C17H17NO6. The predicted molar refractivity (Wildman–Crippen MR) is 79.2 cm³/mol. The lowest BCUT2D eigenvalue weighted by molar-refractivity contribution is -0.157. The van der Waals surface area contributed by atoms with E-state index in [2.05, 4.69) is 0 Å². The summed E-state index contributed by atoms with van der Waals surface area (Å²) in [5, 5.41) is 10.3. The quantitative estimate of drug-likeness (QED) is 0.612. The fraction of sp³-hybridized carbons (Fsp3) is 0.471. The Morgan fingerprint density at radius 3 is 2.42 bits per heavy atom. The van der Waals surface area contributed by atoms with E-state index in [1.54, 1.807) is 0 Å². The van der Waals surface area contributed by atoms with E-state index < -0.39 is 42.2 Å². The molecule has 7 heteroatoms. The molecule has 3 aliphatic rings. The van der Waals surface area contributed by atoms with Crippen LogP contribution < -0.4 is 0 Å². The van der Waals surface area contributed by atoms with Gasteiger partial charge in [0.25, 0.3) is 0 Å². The van der Waals surface area contributed by atoms with Crippen molar-refractivity contribution in [2.45, 2.75) is 37.9 Å². The number of hydrogen-bond acceptors (Lipinski definition) is 6. The van der Waals surface area contributed by atoms with Gasteiger partial charge in [0.05, 0.1) is 18.4 Å². The minimum Gasteiger partial charge on any atom is -0.457 e. The zero-order chi connectivity index (χ0) is 17.0. The Balaban J connectivity index is 1.59. The normalized spacial score (nSPS) is 37.0. The van der Waals surface area contributed by atoms with Crippen LogP contribution in [-0.4, -0.2) is 52.2 Å². The summed E-state index contributed by atoms with van der Waals surface area (Å²) in [6.45, 7) is 1.43. The SMILES string of the molecule is CC(=O)OC1C(O)C2OC1C1C(=O)N(Cc3ccccc3)C(=O)C21. The average molecular weight is 331 g/mol. The van der Waals surface area contributed by atoms with Crippen LogP contribution in [0.5, 0.6) is 0 Å². The molecule has 0 radical (unpaired) electrons. The van der Waals surface area contributed by atoms with Crippen LogP contribution in [0.1, 0.15) is 12.5 Å². The van der Waals surface area contributed by atoms with E-state index >= 15 is 0 Å². The van der Waals surface area contributed by atoms with E-state index in [9.17, 15) is 19.5 Å². The molecule has 0 saturated carbocycles. The molecule has 2 bridgehead atoms. The molecule has 2 amide bonds. The van der Waals surface area contributed by atoms with Crippen molar-refractivity contribution in [3.05, 3.63) is 35.9 Å². The van der Waals surface area contributed by atoms with Crippen molar-refractivity contribution in [2.75, 3.05) is 0 Å². The number of likely N-dealkylation sites (tertiary alicyclic amines) is 1. The molecule has 0 spiro atoms. The number of benzene rings is 1. The van der Waals surface area contributed by atoms with Gasteiger partial charge < -0.3 is 14.6 Å². The number of amides is 2. The molecule has 6 atom stereocenters. The molecule has 24 heavy (non-hydrogen) atoms. The lowest BCUT2D eigenvalue weighted by Crippen LogP contribution is -2.49. The number of carbonyl (C=O) groups excluding carboxylic acids is 3. The van der Waals surface area contributed by atoms with Crippen molar-refractivity contribution < 1.29 is 29.0 Å². The van der Waals surface area contributed by atoms with Crippen LogP contribution in [0.15, 0.2) is 30.3 Å². The van der Waals surface area contributed by atoms with Crippen molar-refractivity contribution in [1.82, 2.24) is 4.90 Å². The molecule has 0 aromatic heterocycles. The number of hydrogen-bond donors (Lipinski definition) is 1. The summed E-state index contributed by atoms with van der Waals surface area (Å²) in [7, 11) is 0. The second-order valence-electron chi connectivity index (χ2n) is 6.43. The summed E-state index contributed by atoms with van der Waals surface area (Å²) in [4.78, 5) is 37.8. The number of rotatable bonds is 3. The van der Waals surface area contributed by atoms with Crippen LogP contribution in [-0.2, 0) is 30.4 Å². The first kappa shape index (κ1) is 15.3. The molecule has 6 unspecified atom stereocenters. The maximum Gasteiger partial charge on any atom is 0.303 e. The molecule has 3 aliphatic heterocycles. The molecule has 4 rings (SSSR count). The molecular weight excluding hydrogens is 314 g/mol. The Kier molecular flexibility index (Phi) is 3.43. The smallest absolute Gasteiger partial charge is 0.303 e. The highest BCUT2D eigenvalue weighted by Gasteiger charge is 2.69. The van der Waals surface area contributed by atoms with Gasteiger partial charge in [-0.3, -0.25) is 19.3 Å². The molecule has 1 aromatic carbocycles. The summed E-state index contributed by atoms with van der Waals surface area (Å²) in [6, 6.07) is 9.23. The summed E-state index contributed by atoms with van der Waals surface area (Å²) in [5.74, 6) is -2.61. The highest BCUT2D eigenvalue weighted by atomic mass is 16.6. The summed E-state index contributed by atoms with van der Waals surface area (Å²) < 4.78 is 10.7. The number of imide groups is 1. The molecule has 7 nitrogen and oxygen atoms in total. The van der Waals surface area contributed by atoms with E-state index in [1.807, 2.05) is 30.3 Å². The third kappa shape index (κ3) is 2.08. The van der Waals surface area contributed by atoms with Gasteiger partial charge in [-0.2, -0.15) is 0 Å². The Morgan fingerprint density at radius 2 is 1.79 bits per heavy atom. The van der Waals surface area contributed by atoms with Gasteiger partial charge >= 0.3 is 5.97 Å². The topological polar surface area (TPSA) is 93.1 Å². The molecule has 3 fully saturated rings. The molecule has 1 N–H and O–H groups in total. The van der Waals surface area contributed by atoms with Gasteiger partial charge in [0.1, 0.15) is 18.3 Å². The van der Waals surface area contributed by atoms with Crippen LogP contribution in [0.4, 0.5) is 0 Å². The number of nitrogens with zero attached hydrogens (tertiary/aromatic N) is 1. The largest absolute Gasteiger partial charge is 0.457 e. The van der Waals surface area contributed by atoms with E-state index in [4.69, 9.17) is 9.47 Å². The zero-order valence-electron chi connectivity index (χ0n) is 13.0. The van der Waals surface area contributed by atoms with Crippen molar-refractivity contribution >= 4 is 17.8 Å². The zero-order valence-corrected chi connectivity index (χ0v) is 13.0. The number of fused-ring (bicyclic) bond motifs is 5. The molecule has 1 aromatic rings. The number of ether oxygens (including phenoxy) is 2. The van der Waals surface area contributed by atoms with Crippen molar-refractivity contribution in [2.24, 2.45) is 11.8 Å². The fourth-order valence-electron chi connectivity index (χ4n) is 4.02. The van der Waals surface area contributed by atoms with Crippen LogP contribution in [0.3, 0.4) is 0 Å². The fourth-order valence-corrected chi connectivity index (χ4v) is 4.02. The van der Waals surface area contributed by atoms with Crippen molar-refractivity contribution in [3.63, 3.8) is 0 Å². The van der Waals surface area contributed by atoms with Crippen LogP contribution in [0.2, 0.25) is 0 Å². The Morgan fingerprint density at radius 1 is 1.17 bits per heavy atom. The van der Waals surface area contributed by atoms with E-state index in [1.165, 1.54) is 11.8 Å². The average Bonchev–Trinajstić information content (AvgIpc) is 3.16. The van der Waals surface area contributed by atoms with Gasteiger partial charge in [0.2, 0.25) is 11.8 Å². The van der Waals surface area contributed by atoms with Gasteiger partial charge in [-0.1, -0.05) is 30.3 Å². The monoisotopic (exact) mass is 331 g/mol. The van der Waals surface area contributed by atoms with Crippen molar-refractivity contribution in [1.29, 1.82) is 0 Å². The number of carbonyl (C=O) groups is 3. The molecule has 0 aliphatic carbocycles. The van der Waals surface area contributed by atoms with E-state index in [-0.39, 0.29) is 18.4 Å². The second kappa shape index (κ2) is 5.39. The first-order chi connectivity index (χ1) is 11.5. The molecule has 3 saturated heterocycles. The number of aliphatic hydroxyl groups is 1. The molecule has 3 heterocycles. The summed E-state index contributed by atoms with van der Waals surface area (Å²) in [6.07, 6.45) is -3.56. The van der Waals surface area contributed by atoms with Crippen molar-refractivity contribution in [3.8, 4) is 0 Å². The van der Waals surface area contributed by atoms with Gasteiger partial charge in [0.15, 0.2) is 6.10 Å². The highest BCUT2D eigenvalue weighted by Crippen LogP contribution is 2.49. The third-order valence-electron chi connectivity index (χ3n) is 4.99. The summed E-state index contributed by atoms with van der Waals surface area (Å²) >= 11 is 0. The minimum atomic E-state index is -1.09. The van der Waals surface area contributed by atoms with Crippen LogP contribution in [0.25, 0.3) is 0 Å². The van der Waals surface area contributed by atoms with Crippen LogP contribution >= 0.6 is 0 Å². The summed E-state index contributed by atoms with van der Waals surface area (Å²) in [5.41, 5.74) is 0.851. The third-order valence-corrected chi connectivity index (χ3v) is 4.99. The van der Waals surface area contributed by atoms with Crippen LogP contribution in [0, 0.1) is 11.8 Å². The lowest BCUT2D eigenvalue weighted by Gasteiger charge is -2.28. The van der Waals surface area contributed by atoms with Gasteiger partial charge in [-0.05, 0) is 5.56 Å². The first-order valence-corrected chi connectivity index (χ1v) is 7.89. The predicted octanol–water partition coefficient (Wildman–Crippen LogP) is -0.139.